The number of hydrogen-bond acceptors (Lipinski definition) is 6. The number of nitrogens with zero attached hydrogens (tertiary/aromatic N) is 3. The minimum Gasteiger partial charge on any atom is -0.497 e. The molecule has 0 saturated carbocycles. The first kappa shape index (κ1) is 20.1. The number of fused-ring (bicyclic) bond motifs is 1. The number of rotatable bonds is 6. The molecule has 5 rings (SSSR count). The Morgan fingerprint density at radius 3 is 2.41 bits per heavy atom. The summed E-state index contributed by atoms with van der Waals surface area (Å²) in [7, 11) is 1.66. The van der Waals surface area contributed by atoms with Gasteiger partial charge in [-0.2, -0.15) is 4.98 Å². The minimum absolute atomic E-state index is 0.555. The van der Waals surface area contributed by atoms with Gasteiger partial charge in [-0.05, 0) is 67.8 Å². The van der Waals surface area contributed by atoms with Crippen molar-refractivity contribution in [1.29, 1.82) is 0 Å². The Morgan fingerprint density at radius 2 is 1.59 bits per heavy atom. The molecule has 1 fully saturated rings. The van der Waals surface area contributed by atoms with Crippen molar-refractivity contribution in [3.63, 3.8) is 0 Å². The highest BCUT2D eigenvalue weighted by Gasteiger charge is 2.12. The van der Waals surface area contributed by atoms with Crippen LogP contribution >= 0.6 is 0 Å². The van der Waals surface area contributed by atoms with E-state index < -0.39 is 0 Å². The van der Waals surface area contributed by atoms with E-state index in [1.165, 1.54) is 24.9 Å². The molecule has 2 N–H and O–H groups in total. The summed E-state index contributed by atoms with van der Waals surface area (Å²) in [5, 5.41) is 7.75. The summed E-state index contributed by atoms with van der Waals surface area (Å²) in [5.74, 6) is 2.09. The Kier molecular flexibility index (Phi) is 5.75. The predicted octanol–water partition coefficient (Wildman–Crippen LogP) is 6.12. The highest BCUT2D eigenvalue weighted by Crippen LogP contribution is 2.28. The molecule has 3 aromatic carbocycles. The molecule has 0 spiro atoms. The van der Waals surface area contributed by atoms with Crippen LogP contribution in [0.2, 0.25) is 0 Å². The molecule has 32 heavy (non-hydrogen) atoms. The molecular formula is C26H27N5O. The molecular weight excluding hydrogens is 398 g/mol. The monoisotopic (exact) mass is 425 g/mol. The van der Waals surface area contributed by atoms with E-state index in [0.29, 0.717) is 5.95 Å². The van der Waals surface area contributed by atoms with Crippen LogP contribution in [-0.2, 0) is 0 Å². The highest BCUT2D eigenvalue weighted by atomic mass is 16.5. The van der Waals surface area contributed by atoms with Crippen LogP contribution in [0, 0.1) is 0 Å². The first-order valence-corrected chi connectivity index (χ1v) is 11.1. The van der Waals surface area contributed by atoms with Gasteiger partial charge in [0.25, 0.3) is 0 Å². The summed E-state index contributed by atoms with van der Waals surface area (Å²) >= 11 is 0. The van der Waals surface area contributed by atoms with Gasteiger partial charge in [-0.15, -0.1) is 0 Å². The number of methoxy groups -OCH3 is 1. The van der Waals surface area contributed by atoms with Crippen LogP contribution in [0.25, 0.3) is 10.9 Å². The molecule has 0 amide bonds. The number of hydrogen-bond donors (Lipinski definition) is 2. The van der Waals surface area contributed by atoms with Crippen molar-refractivity contribution in [2.45, 2.75) is 19.3 Å². The number of anilines is 5. The molecule has 4 aromatic rings. The van der Waals surface area contributed by atoms with Crippen molar-refractivity contribution in [2.75, 3.05) is 35.7 Å². The van der Waals surface area contributed by atoms with Gasteiger partial charge >= 0.3 is 0 Å². The van der Waals surface area contributed by atoms with Crippen LogP contribution in [0.1, 0.15) is 19.3 Å². The lowest BCUT2D eigenvalue weighted by Gasteiger charge is -2.28. The first-order chi connectivity index (χ1) is 15.8. The maximum absolute atomic E-state index is 5.35. The largest absolute Gasteiger partial charge is 0.497 e. The zero-order chi connectivity index (χ0) is 21.8. The number of benzene rings is 3. The van der Waals surface area contributed by atoms with Crippen LogP contribution in [0.15, 0.2) is 72.8 Å². The van der Waals surface area contributed by atoms with E-state index in [1.54, 1.807) is 7.11 Å². The van der Waals surface area contributed by atoms with Gasteiger partial charge in [0, 0.05) is 41.6 Å². The Labute approximate surface area is 188 Å². The highest BCUT2D eigenvalue weighted by molar-refractivity contribution is 5.92. The zero-order valence-corrected chi connectivity index (χ0v) is 18.2. The van der Waals surface area contributed by atoms with Crippen LogP contribution < -0.4 is 20.3 Å². The Balaban J connectivity index is 1.41. The van der Waals surface area contributed by atoms with E-state index in [1.807, 2.05) is 48.5 Å². The second-order valence-electron chi connectivity index (χ2n) is 7.99. The zero-order valence-electron chi connectivity index (χ0n) is 18.2. The average Bonchev–Trinajstić information content (AvgIpc) is 2.85. The molecule has 6 heteroatoms. The summed E-state index contributed by atoms with van der Waals surface area (Å²) in [6.07, 6.45) is 3.88. The van der Waals surface area contributed by atoms with E-state index in [-0.39, 0.29) is 0 Å². The summed E-state index contributed by atoms with van der Waals surface area (Å²) < 4.78 is 5.35. The van der Waals surface area contributed by atoms with E-state index in [9.17, 15) is 0 Å². The number of aromatic nitrogens is 2. The molecule has 0 aliphatic carbocycles. The number of ether oxygens (including phenoxy) is 1. The van der Waals surface area contributed by atoms with Gasteiger partial charge < -0.3 is 20.3 Å². The van der Waals surface area contributed by atoms with Gasteiger partial charge in [-0.1, -0.05) is 18.2 Å². The molecule has 6 nitrogen and oxygen atoms in total. The van der Waals surface area contributed by atoms with Crippen molar-refractivity contribution >= 4 is 39.7 Å². The third kappa shape index (κ3) is 4.44. The third-order valence-corrected chi connectivity index (χ3v) is 5.78. The Bertz CT molecular complexity index is 1200. The van der Waals surface area contributed by atoms with Crippen LogP contribution in [-0.4, -0.2) is 30.2 Å². The molecule has 1 aliphatic heterocycles. The van der Waals surface area contributed by atoms with Gasteiger partial charge in [-0.25, -0.2) is 4.98 Å². The summed E-state index contributed by atoms with van der Waals surface area (Å²) in [6.45, 7) is 2.28. The van der Waals surface area contributed by atoms with Gasteiger partial charge in [-0.3, -0.25) is 0 Å². The van der Waals surface area contributed by atoms with E-state index in [0.717, 1.165) is 46.9 Å². The molecule has 162 valence electrons. The average molecular weight is 426 g/mol. The standard InChI is InChI=1S/C26H27N5O/c1-32-22-9-7-8-20(18-22)27-25-23-10-3-4-11-24(23)29-26(30-25)28-19-12-14-21(15-13-19)31-16-5-2-6-17-31/h3-4,7-15,18H,2,5-6,16-17H2,1H3,(H2,27,28,29,30). The number of para-hydroxylation sites is 1. The fraction of sp³-hybridized carbons (Fsp3) is 0.231. The molecule has 0 bridgehead atoms. The summed E-state index contributed by atoms with van der Waals surface area (Å²) in [4.78, 5) is 12.0. The Hall–Kier alpha value is -3.80. The van der Waals surface area contributed by atoms with Crippen LogP contribution in [0.4, 0.5) is 28.8 Å². The number of piperidine rings is 1. The quantitative estimate of drug-likeness (QED) is 0.388. The molecule has 0 atom stereocenters. The molecule has 1 saturated heterocycles. The Morgan fingerprint density at radius 1 is 0.781 bits per heavy atom. The fourth-order valence-electron chi connectivity index (χ4n) is 4.10. The third-order valence-electron chi connectivity index (χ3n) is 5.78. The second kappa shape index (κ2) is 9.14. The second-order valence-corrected chi connectivity index (χ2v) is 7.99. The summed E-state index contributed by atoms with van der Waals surface area (Å²) in [5.41, 5.74) is 4.02. The topological polar surface area (TPSA) is 62.3 Å². The fourth-order valence-corrected chi connectivity index (χ4v) is 4.10. The predicted molar refractivity (Wildman–Crippen MR) is 132 cm³/mol. The molecule has 1 aliphatic rings. The molecule has 2 heterocycles. The van der Waals surface area contributed by atoms with Gasteiger partial charge in [0.05, 0.1) is 12.6 Å². The smallest absolute Gasteiger partial charge is 0.229 e. The van der Waals surface area contributed by atoms with E-state index >= 15 is 0 Å². The summed E-state index contributed by atoms with van der Waals surface area (Å²) in [6, 6.07) is 24.3. The van der Waals surface area contributed by atoms with Crippen molar-refractivity contribution in [3.8, 4) is 5.75 Å². The van der Waals surface area contributed by atoms with Gasteiger partial charge in [0.1, 0.15) is 11.6 Å². The SMILES string of the molecule is COc1cccc(Nc2nc(Nc3ccc(N4CCCCC4)cc3)nc3ccccc23)c1. The van der Waals surface area contributed by atoms with Crippen molar-refractivity contribution in [1.82, 2.24) is 9.97 Å². The normalized spacial score (nSPS) is 13.7. The molecule has 1 aromatic heterocycles. The van der Waals surface area contributed by atoms with Crippen LogP contribution in [0.5, 0.6) is 5.75 Å². The lowest BCUT2D eigenvalue weighted by Crippen LogP contribution is -2.29. The number of nitrogens with one attached hydrogen (secondary N) is 2. The van der Waals surface area contributed by atoms with Crippen molar-refractivity contribution < 1.29 is 4.74 Å². The van der Waals surface area contributed by atoms with Crippen molar-refractivity contribution in [2.24, 2.45) is 0 Å². The van der Waals surface area contributed by atoms with Gasteiger partial charge in [0.2, 0.25) is 5.95 Å². The molecule has 0 radical (unpaired) electrons. The molecule has 0 unspecified atom stereocenters. The van der Waals surface area contributed by atoms with E-state index in [2.05, 4.69) is 39.8 Å². The van der Waals surface area contributed by atoms with Crippen LogP contribution in [0.3, 0.4) is 0 Å². The minimum atomic E-state index is 0.555. The first-order valence-electron chi connectivity index (χ1n) is 11.1. The van der Waals surface area contributed by atoms with E-state index in [4.69, 9.17) is 14.7 Å². The van der Waals surface area contributed by atoms with Crippen molar-refractivity contribution in [3.05, 3.63) is 72.8 Å². The lowest BCUT2D eigenvalue weighted by atomic mass is 10.1. The maximum atomic E-state index is 5.35. The van der Waals surface area contributed by atoms with Gasteiger partial charge in [0.15, 0.2) is 0 Å². The lowest BCUT2D eigenvalue weighted by molar-refractivity contribution is 0.415. The maximum Gasteiger partial charge on any atom is 0.229 e.